The fraction of sp³-hybridized carbons (Fsp3) is 0.889. The largest absolute Gasteiger partial charge is 0.394 e. The topological polar surface area (TPSA) is 89.8 Å². The van der Waals surface area contributed by atoms with Gasteiger partial charge in [-0.2, -0.15) is 0 Å². The molecule has 3 unspecified atom stereocenters. The lowest BCUT2D eigenvalue weighted by molar-refractivity contribution is -0.131. The third-order valence-corrected chi connectivity index (χ3v) is 14.5. The molecule has 402 valence electrons. The predicted octanol–water partition coefficient (Wildman–Crippen LogP) is 19.4. The summed E-state index contributed by atoms with van der Waals surface area (Å²) in [6.45, 7) is 4.21. The Morgan fingerprint density at radius 2 is 0.603 bits per heavy atom. The van der Waals surface area contributed by atoms with Gasteiger partial charge in [-0.25, -0.2) is 0 Å². The molecule has 0 fully saturated rings. The van der Waals surface area contributed by atoms with Gasteiger partial charge in [0.15, 0.2) is 0 Å². The molecule has 68 heavy (non-hydrogen) atoms. The van der Waals surface area contributed by atoms with Crippen LogP contribution in [-0.2, 0) is 4.79 Å². The van der Waals surface area contributed by atoms with E-state index in [4.69, 9.17) is 0 Å². The molecule has 0 saturated heterocycles. The second-order valence-corrected chi connectivity index (χ2v) is 21.3. The molecule has 0 radical (unpaired) electrons. The zero-order valence-corrected chi connectivity index (χ0v) is 46.0. The smallest absolute Gasteiger partial charge is 0.249 e. The van der Waals surface area contributed by atoms with Crippen molar-refractivity contribution in [2.24, 2.45) is 0 Å². The van der Waals surface area contributed by atoms with Crippen LogP contribution in [-0.4, -0.2) is 46.1 Å². The zero-order chi connectivity index (χ0) is 49.3. The minimum atomic E-state index is -1.11. The Bertz CT molecular complexity index is 1060. The van der Waals surface area contributed by atoms with Gasteiger partial charge in [-0.15, -0.1) is 0 Å². The first-order valence-electron chi connectivity index (χ1n) is 30.8. The third-order valence-electron chi connectivity index (χ3n) is 14.5. The lowest BCUT2D eigenvalue weighted by Gasteiger charge is -2.21. The number of hydrogen-bond donors (Lipinski definition) is 4. The zero-order valence-electron chi connectivity index (χ0n) is 46.0. The molecule has 0 saturated carbocycles. The molecule has 1 amide bonds. The van der Waals surface area contributed by atoms with Crippen LogP contribution in [0.4, 0.5) is 0 Å². The molecular weight excluding hydrogens is 835 g/mol. The number of aliphatic hydroxyl groups excluding tert-OH is 3. The second kappa shape index (κ2) is 58.1. The summed E-state index contributed by atoms with van der Waals surface area (Å²) in [6, 6.07) is -0.821. The van der Waals surface area contributed by atoms with Crippen LogP contribution in [0, 0.1) is 0 Å². The first-order valence-corrected chi connectivity index (χ1v) is 30.8. The molecule has 0 aromatic rings. The second-order valence-electron chi connectivity index (χ2n) is 21.3. The number of carbonyl (C=O) groups excluding carboxylic acids is 1. The van der Waals surface area contributed by atoms with E-state index in [-0.39, 0.29) is 6.61 Å². The monoisotopic (exact) mass is 956 g/mol. The van der Waals surface area contributed by atoms with Crippen LogP contribution < -0.4 is 5.32 Å². The van der Waals surface area contributed by atoms with Crippen LogP contribution in [0.2, 0.25) is 0 Å². The molecule has 0 aromatic heterocycles. The fourth-order valence-corrected chi connectivity index (χ4v) is 9.69. The highest BCUT2D eigenvalue weighted by Gasteiger charge is 2.22. The summed E-state index contributed by atoms with van der Waals surface area (Å²) in [4.78, 5) is 12.6. The lowest BCUT2D eigenvalue weighted by atomic mass is 10.0. The molecule has 0 aliphatic heterocycles. The molecule has 0 rings (SSSR count). The SMILES string of the molecule is CCCCCCCCCCCCCCCCC/C=C/CC/C=C/CC/C=C/C(O)C(CO)NC(=O)C(O)CCCCCCCCCCCCCCCCCCCCCCCCCCCCCCC. The summed E-state index contributed by atoms with van der Waals surface area (Å²) in [5.41, 5.74) is 0. The van der Waals surface area contributed by atoms with E-state index in [1.165, 1.54) is 270 Å². The van der Waals surface area contributed by atoms with Crippen molar-refractivity contribution in [3.63, 3.8) is 0 Å². The highest BCUT2D eigenvalue weighted by Crippen LogP contribution is 2.18. The first-order chi connectivity index (χ1) is 33.6. The maximum absolute atomic E-state index is 12.6. The van der Waals surface area contributed by atoms with Crippen LogP contribution >= 0.6 is 0 Å². The fourth-order valence-electron chi connectivity index (χ4n) is 9.69. The van der Waals surface area contributed by atoms with Gasteiger partial charge in [0, 0.05) is 0 Å². The predicted molar refractivity (Wildman–Crippen MR) is 301 cm³/mol. The Kier molecular flexibility index (Phi) is 56.9. The van der Waals surface area contributed by atoms with Crippen LogP contribution in [0.3, 0.4) is 0 Å². The normalized spacial score (nSPS) is 13.4. The Hall–Kier alpha value is -1.43. The summed E-state index contributed by atoms with van der Waals surface area (Å²) >= 11 is 0. The first kappa shape index (κ1) is 66.6. The average Bonchev–Trinajstić information content (AvgIpc) is 3.34. The van der Waals surface area contributed by atoms with Crippen molar-refractivity contribution in [3.05, 3.63) is 36.5 Å². The maximum atomic E-state index is 12.6. The van der Waals surface area contributed by atoms with Crippen LogP contribution in [0.25, 0.3) is 0 Å². The summed E-state index contributed by atoms with van der Waals surface area (Å²) in [5, 5.41) is 33.4. The molecule has 0 aromatic carbocycles. The van der Waals surface area contributed by atoms with Gasteiger partial charge in [-0.3, -0.25) is 4.79 Å². The van der Waals surface area contributed by atoms with Gasteiger partial charge < -0.3 is 20.6 Å². The molecule has 5 nitrogen and oxygen atoms in total. The number of amides is 1. The quantitative estimate of drug-likeness (QED) is 0.0361. The van der Waals surface area contributed by atoms with Gasteiger partial charge in [-0.1, -0.05) is 326 Å². The summed E-state index contributed by atoms with van der Waals surface area (Å²) < 4.78 is 0. The van der Waals surface area contributed by atoms with E-state index >= 15 is 0 Å². The number of allylic oxidation sites excluding steroid dienone is 5. The van der Waals surface area contributed by atoms with E-state index in [0.29, 0.717) is 6.42 Å². The number of aliphatic hydroxyl groups is 3. The van der Waals surface area contributed by atoms with Gasteiger partial charge in [-0.05, 0) is 44.9 Å². The number of rotatable bonds is 57. The Morgan fingerprint density at radius 3 is 0.897 bits per heavy atom. The van der Waals surface area contributed by atoms with E-state index in [9.17, 15) is 20.1 Å². The highest BCUT2D eigenvalue weighted by atomic mass is 16.3. The van der Waals surface area contributed by atoms with E-state index in [1.807, 2.05) is 6.08 Å². The Balaban J connectivity index is 3.57. The van der Waals surface area contributed by atoms with Gasteiger partial charge >= 0.3 is 0 Å². The molecule has 4 N–H and O–H groups in total. The maximum Gasteiger partial charge on any atom is 0.249 e. The minimum absolute atomic E-state index is 0.379. The van der Waals surface area contributed by atoms with Gasteiger partial charge in [0.1, 0.15) is 6.10 Å². The van der Waals surface area contributed by atoms with Crippen molar-refractivity contribution in [2.75, 3.05) is 6.61 Å². The number of hydrogen-bond acceptors (Lipinski definition) is 4. The van der Waals surface area contributed by atoms with E-state index in [2.05, 4.69) is 43.5 Å². The molecule has 3 atom stereocenters. The number of carbonyl (C=O) groups is 1. The van der Waals surface area contributed by atoms with Crippen molar-refractivity contribution in [1.82, 2.24) is 5.32 Å². The lowest BCUT2D eigenvalue weighted by Crippen LogP contribution is -2.48. The van der Waals surface area contributed by atoms with E-state index in [1.54, 1.807) is 6.08 Å². The molecule has 5 heteroatoms. The molecule has 0 aliphatic carbocycles. The van der Waals surface area contributed by atoms with Crippen LogP contribution in [0.5, 0.6) is 0 Å². The number of unbranched alkanes of at least 4 members (excludes halogenated alkanes) is 45. The number of nitrogens with one attached hydrogen (secondary N) is 1. The summed E-state index contributed by atoms with van der Waals surface area (Å²) in [5.74, 6) is -0.511. The molecule has 0 bridgehead atoms. The molecule has 0 heterocycles. The summed E-state index contributed by atoms with van der Waals surface area (Å²) in [7, 11) is 0. The van der Waals surface area contributed by atoms with Crippen molar-refractivity contribution < 1.29 is 20.1 Å². The van der Waals surface area contributed by atoms with Crippen molar-refractivity contribution in [3.8, 4) is 0 Å². The van der Waals surface area contributed by atoms with Crippen LogP contribution in [0.15, 0.2) is 36.5 Å². The van der Waals surface area contributed by atoms with Gasteiger partial charge in [0.05, 0.1) is 18.8 Å². The standard InChI is InChI=1S/C63H121NO4/c1-3-5-7-9-11-13-15-17-19-21-23-25-27-29-30-31-32-34-36-38-40-42-44-46-48-50-52-54-56-58-62(67)63(68)64-60(59-65)61(66)57-55-53-51-49-47-45-43-41-39-37-35-33-28-26-24-22-20-18-16-14-12-10-8-6-4-2/h39,41,47,49,55,57,60-62,65-67H,3-38,40,42-46,48,50-54,56,58-59H2,1-2H3,(H,64,68)/b41-39+,49-47+,57-55+. The Labute approximate surface area is 425 Å². The minimum Gasteiger partial charge on any atom is -0.394 e. The van der Waals surface area contributed by atoms with Gasteiger partial charge in [0.25, 0.3) is 0 Å². The van der Waals surface area contributed by atoms with Crippen molar-refractivity contribution >= 4 is 5.91 Å². The summed E-state index contributed by atoms with van der Waals surface area (Å²) in [6.07, 6.45) is 76.8. The van der Waals surface area contributed by atoms with E-state index < -0.39 is 24.2 Å². The van der Waals surface area contributed by atoms with E-state index in [0.717, 1.165) is 44.9 Å². The van der Waals surface area contributed by atoms with Gasteiger partial charge in [0.2, 0.25) is 5.91 Å². The highest BCUT2D eigenvalue weighted by molar-refractivity contribution is 5.80. The average molecular weight is 957 g/mol. The molecule has 0 aliphatic rings. The van der Waals surface area contributed by atoms with Crippen molar-refractivity contribution in [1.29, 1.82) is 0 Å². The van der Waals surface area contributed by atoms with Crippen LogP contribution in [0.1, 0.15) is 335 Å². The molecular formula is C63H121NO4. The van der Waals surface area contributed by atoms with Crippen molar-refractivity contribution in [2.45, 2.75) is 353 Å². The third kappa shape index (κ3) is 52.4. The Morgan fingerprint density at radius 1 is 0.353 bits per heavy atom. The molecule has 0 spiro atoms.